The molecule has 0 aliphatic rings. The normalized spacial score (nSPS) is 12.8. The molecule has 11 heteroatoms. The third-order valence-electron chi connectivity index (χ3n) is 4.05. The van der Waals surface area contributed by atoms with Crippen LogP contribution < -0.4 is 4.74 Å². The van der Waals surface area contributed by atoms with Gasteiger partial charge in [0.15, 0.2) is 10.0 Å². The van der Waals surface area contributed by atoms with E-state index in [0.29, 0.717) is 18.6 Å². The molecule has 0 saturated heterocycles. The van der Waals surface area contributed by atoms with E-state index < -0.39 is 33.0 Å². The van der Waals surface area contributed by atoms with Crippen molar-refractivity contribution in [2.45, 2.75) is 70.0 Å². The van der Waals surface area contributed by atoms with E-state index in [-0.39, 0.29) is 12.4 Å². The molecule has 0 bridgehead atoms. The topological polar surface area (TPSA) is 57.5 Å². The predicted octanol–water partition coefficient (Wildman–Crippen LogP) is 7.08. The Labute approximate surface area is 166 Å². The van der Waals surface area contributed by atoms with Crippen molar-refractivity contribution in [3.63, 3.8) is 0 Å². The van der Waals surface area contributed by atoms with Gasteiger partial charge in [-0.3, -0.25) is 0 Å². The zero-order valence-electron chi connectivity index (χ0n) is 15.9. The van der Waals surface area contributed by atoms with Gasteiger partial charge in [0.05, 0.1) is 6.61 Å². The van der Waals surface area contributed by atoms with Crippen molar-refractivity contribution in [1.82, 2.24) is 0 Å². The fourth-order valence-electron chi connectivity index (χ4n) is 2.52. The minimum Gasteiger partial charge on any atom is -0.569 e. The molecule has 0 N–H and O–H groups in total. The zero-order chi connectivity index (χ0) is 22.1. The molecule has 0 radical (unpaired) electrons. The highest BCUT2D eigenvalue weighted by molar-refractivity contribution is 7.95. The van der Waals surface area contributed by atoms with E-state index >= 15 is 0 Å². The number of hydrogen-bond donors (Lipinski definition) is 0. The Morgan fingerprint density at radius 1 is 0.897 bits per heavy atom. The summed E-state index contributed by atoms with van der Waals surface area (Å²) in [5, 5.41) is 0. The van der Waals surface area contributed by atoms with E-state index in [9.17, 15) is 34.8 Å². The summed E-state index contributed by atoms with van der Waals surface area (Å²) in [6.07, 6.45) is 3.07. The highest BCUT2D eigenvalue weighted by Gasteiger charge is 2.40. The van der Waals surface area contributed by atoms with Gasteiger partial charge >= 0.3 is 11.7 Å². The first kappa shape index (κ1) is 25.4. The summed E-state index contributed by atoms with van der Waals surface area (Å²) >= 11 is 0. The van der Waals surface area contributed by atoms with Gasteiger partial charge in [-0.05, 0) is 18.6 Å². The number of benzene rings is 1. The van der Waals surface area contributed by atoms with Crippen LogP contribution in [0.3, 0.4) is 0 Å². The van der Waals surface area contributed by atoms with Gasteiger partial charge < -0.3 is 9.46 Å². The van der Waals surface area contributed by atoms with Crippen molar-refractivity contribution in [2.24, 2.45) is 0 Å². The summed E-state index contributed by atoms with van der Waals surface area (Å²) in [5.41, 5.74) is -8.74. The lowest BCUT2D eigenvalue weighted by Crippen LogP contribution is -2.21. The summed E-state index contributed by atoms with van der Waals surface area (Å²) in [4.78, 5) is 0. The molecule has 1 aromatic carbocycles. The second-order valence-electron chi connectivity index (χ2n) is 6.51. The van der Waals surface area contributed by atoms with Crippen LogP contribution in [0.2, 0.25) is 0 Å². The second-order valence-corrected chi connectivity index (χ2v) is 8.11. The van der Waals surface area contributed by atoms with E-state index in [1.165, 1.54) is 12.8 Å². The minimum atomic E-state index is -6.10. The first-order valence-electron chi connectivity index (χ1n) is 9.27. The number of ether oxygens (including phenoxy) is 1. The van der Waals surface area contributed by atoms with Gasteiger partial charge in [-0.1, -0.05) is 57.9 Å². The van der Waals surface area contributed by atoms with Crippen molar-refractivity contribution in [3.8, 4) is 5.75 Å². The zero-order valence-corrected chi connectivity index (χ0v) is 16.8. The number of rotatable bonds is 12. The van der Waals surface area contributed by atoms with Crippen LogP contribution >= 0.6 is 0 Å². The first-order chi connectivity index (χ1) is 13.4. The molecule has 0 aliphatic carbocycles. The monoisotopic (exact) mass is 448 g/mol. The van der Waals surface area contributed by atoms with E-state index in [2.05, 4.69) is 11.6 Å². The summed E-state index contributed by atoms with van der Waals surface area (Å²) in [5.74, 6) is -0.219. The fraction of sp³-hybridized carbons (Fsp3) is 0.667. The van der Waals surface area contributed by atoms with Gasteiger partial charge in [0.25, 0.3) is 0 Å². The smallest absolute Gasteiger partial charge is 0.483 e. The summed E-state index contributed by atoms with van der Waals surface area (Å²) in [7, 11) is -6.10. The Morgan fingerprint density at radius 3 is 1.97 bits per heavy atom. The summed E-state index contributed by atoms with van der Waals surface area (Å²) in [6, 6.07) is 1.97. The van der Waals surface area contributed by atoms with Gasteiger partial charge in [-0.15, -0.1) is 5.69 Å². The third kappa shape index (κ3) is 8.71. The van der Waals surface area contributed by atoms with Gasteiger partial charge in [0, 0.05) is 5.56 Å². The molecule has 4 nitrogen and oxygen atoms in total. The third-order valence-corrected chi connectivity index (χ3v) is 5.07. The van der Waals surface area contributed by atoms with Crippen molar-refractivity contribution < 1.29 is 39.5 Å². The number of alkyl halides is 6. The second kappa shape index (κ2) is 10.9. The Balaban J connectivity index is 2.67. The lowest BCUT2D eigenvalue weighted by Gasteiger charge is -2.27. The van der Waals surface area contributed by atoms with Crippen molar-refractivity contribution in [3.05, 3.63) is 28.5 Å². The van der Waals surface area contributed by atoms with Gasteiger partial charge in [0.1, 0.15) is 5.75 Å². The van der Waals surface area contributed by atoms with E-state index in [0.717, 1.165) is 38.2 Å². The van der Waals surface area contributed by atoms with Gasteiger partial charge in [-0.2, -0.15) is 26.3 Å². The molecule has 0 aliphatic heterocycles. The lowest BCUT2D eigenvalue weighted by molar-refractivity contribution is -0.137. The largest absolute Gasteiger partial charge is 0.569 e. The SMILES string of the molecule is CCCCCCCCCCOc1ccc([N-]S(=O)(=O)C(F)(F)F)c(C(F)(F)F)c1. The average Bonchev–Trinajstić information content (AvgIpc) is 2.59. The van der Waals surface area contributed by atoms with Crippen LogP contribution in [0.4, 0.5) is 32.0 Å². The molecule has 0 amide bonds. The standard InChI is InChI=1S/C18H24F6NO3S/c1-2-3-4-5-6-7-8-9-12-28-14-10-11-16(15(13-14)17(19,20)21)25-29(26,27)18(22,23)24/h10-11,13H,2-9,12H2,1H3/q-1. The molecule has 0 atom stereocenters. The molecular weight excluding hydrogens is 424 g/mol. The number of unbranched alkanes of at least 4 members (excludes halogenated alkanes) is 7. The maximum Gasteiger partial charge on any atom is 0.483 e. The van der Waals surface area contributed by atoms with Crippen LogP contribution in [0.25, 0.3) is 4.72 Å². The number of hydrogen-bond acceptors (Lipinski definition) is 3. The molecule has 0 spiro atoms. The van der Waals surface area contributed by atoms with Crippen molar-refractivity contribution in [2.75, 3.05) is 6.61 Å². The van der Waals surface area contributed by atoms with E-state index in [1.807, 2.05) is 0 Å². The number of nitrogens with zero attached hydrogens (tertiary/aromatic N) is 1. The molecule has 168 valence electrons. The molecule has 0 fully saturated rings. The maximum atomic E-state index is 13.1. The van der Waals surface area contributed by atoms with Crippen LogP contribution in [0.15, 0.2) is 18.2 Å². The number of sulfonamides is 1. The summed E-state index contributed by atoms with van der Waals surface area (Å²) in [6.45, 7) is 2.26. The van der Waals surface area contributed by atoms with Crippen molar-refractivity contribution in [1.29, 1.82) is 0 Å². The van der Waals surface area contributed by atoms with Crippen LogP contribution in [0, 0.1) is 0 Å². The quantitative estimate of drug-likeness (QED) is 0.254. The molecular formula is C18H24F6NO3S-. The number of halogens is 6. The first-order valence-corrected chi connectivity index (χ1v) is 10.7. The van der Waals surface area contributed by atoms with E-state index in [4.69, 9.17) is 4.74 Å². The van der Waals surface area contributed by atoms with Gasteiger partial charge in [-0.25, -0.2) is 8.42 Å². The van der Waals surface area contributed by atoms with E-state index in [1.54, 1.807) is 0 Å². The average molecular weight is 448 g/mol. The van der Waals surface area contributed by atoms with Gasteiger partial charge in [0.2, 0.25) is 0 Å². The lowest BCUT2D eigenvalue weighted by atomic mass is 10.1. The summed E-state index contributed by atoms with van der Waals surface area (Å²) < 4.78 is 106. The molecule has 0 unspecified atom stereocenters. The molecule has 29 heavy (non-hydrogen) atoms. The fourth-order valence-corrected chi connectivity index (χ4v) is 3.04. The van der Waals surface area contributed by atoms with Crippen LogP contribution in [-0.4, -0.2) is 20.5 Å². The Bertz CT molecular complexity index is 732. The Hall–Kier alpha value is -1.65. The Morgan fingerprint density at radius 2 is 1.45 bits per heavy atom. The van der Waals surface area contributed by atoms with Crippen LogP contribution in [0.1, 0.15) is 63.9 Å². The van der Waals surface area contributed by atoms with Crippen LogP contribution in [-0.2, 0) is 16.2 Å². The maximum absolute atomic E-state index is 13.1. The molecule has 1 rings (SSSR count). The Kier molecular flexibility index (Phi) is 9.57. The van der Waals surface area contributed by atoms with Crippen molar-refractivity contribution >= 4 is 15.7 Å². The highest BCUT2D eigenvalue weighted by atomic mass is 32.2. The molecule has 0 aromatic heterocycles. The molecule has 0 heterocycles. The molecule has 1 aromatic rings. The predicted molar refractivity (Wildman–Crippen MR) is 97.5 cm³/mol. The molecule has 0 saturated carbocycles. The highest BCUT2D eigenvalue weighted by Crippen LogP contribution is 2.43. The minimum absolute atomic E-state index is 0.142. The van der Waals surface area contributed by atoms with Crippen LogP contribution in [0.5, 0.6) is 5.75 Å².